The van der Waals surface area contributed by atoms with Crippen LogP contribution in [0.5, 0.6) is 69.0 Å². The summed E-state index contributed by atoms with van der Waals surface area (Å²) in [4.78, 5) is 26.7. The van der Waals surface area contributed by atoms with Crippen LogP contribution >= 0.6 is 0 Å². The van der Waals surface area contributed by atoms with Gasteiger partial charge in [0, 0.05) is 11.1 Å². The monoisotopic (exact) mass is 1690 g/mol. The molecule has 7 aromatic rings. The molecule has 9 rings (SSSR count). The van der Waals surface area contributed by atoms with Crippen molar-refractivity contribution in [3.63, 3.8) is 0 Å². The molecule has 112 heavy (non-hydrogen) atoms. The molecule has 0 aliphatic carbocycles. The van der Waals surface area contributed by atoms with Gasteiger partial charge in [-0.25, -0.2) is 29.9 Å². The maximum Gasteiger partial charge on any atom is 0.422 e. The standard InChI is InChI=1S/C56H30F36N8O12/c57-45(58,59)5-101-25-19-21(27(103-7-47(63,64)65)33(109-13-53(81,82)83)31(25)107-11-51(75,76)77)41-96-39(19)94-37-17-3-1-2-4-18(17)38(93-37)95-40-20-22(28(104-8-48(66,67)68)34(110-14-54(84,85)86)32(108-12-52(78,79)80)26(20)102-6-46(60,61)62)42(97-40)99-44-24-23(43(98-41)100-44)29(105-9-49(69,70)71)35(111-15-55(87,88)89)36(112-16-56(90,91)92)30(24)106-10-50(72,73)74/h1-4H,5-16H2,(H2,93,94,95,96,97,98,99,100). The quantitative estimate of drug-likeness (QED) is 0.0537. The lowest BCUT2D eigenvalue weighted by Crippen LogP contribution is -2.25. The van der Waals surface area contributed by atoms with E-state index in [0.29, 0.717) is 0 Å². The van der Waals surface area contributed by atoms with Gasteiger partial charge >= 0.3 is 74.1 Å². The molecule has 56 heteroatoms. The smallest absolute Gasteiger partial charge is 0.422 e. The van der Waals surface area contributed by atoms with Crippen LogP contribution in [0.3, 0.4) is 0 Å². The fourth-order valence-electron chi connectivity index (χ4n) is 9.64. The SMILES string of the molecule is FC(F)(F)COc1c(OCC(F)(F)F)c(OCC(F)(F)F)c2c(c1OCC(F)(F)F)-c1nc3nc(nc4[nH]c(nc5[nH]c(nc-2n1)c1c(OCC(F)(F)F)c(OCC(F)(F)F)c(OCC(F)(F)F)c(OCC(F)(F)F)c51)c1c(OCC(F)(F)F)c(OCC(F)(F)F)c(OCC(F)(F)F)c(OCC(F)(F)F)c41)-c1ccccc1-3. The van der Waals surface area contributed by atoms with E-state index >= 15 is 0 Å². The Hall–Kier alpha value is -10.7. The molecule has 0 atom stereocenters. The van der Waals surface area contributed by atoms with Gasteiger partial charge in [-0.2, -0.15) is 158 Å². The molecule has 2 N–H and O–H groups in total. The molecular formula is C56H30F36N8O12. The molecule has 8 bridgehead atoms. The third kappa shape index (κ3) is 22.1. The Labute approximate surface area is 590 Å². The van der Waals surface area contributed by atoms with Gasteiger partial charge in [-0.15, -0.1) is 0 Å². The van der Waals surface area contributed by atoms with Crippen molar-refractivity contribution in [3.8, 4) is 115 Å². The number of benzene rings is 4. The Morgan fingerprint density at radius 3 is 0.589 bits per heavy atom. The number of nitrogens with one attached hydrogen (secondary N) is 2. The van der Waals surface area contributed by atoms with Crippen LogP contribution in [-0.4, -0.2) is 193 Å². The third-order valence-corrected chi connectivity index (χ3v) is 13.1. The number of fused-ring (bicyclic) bond motifs is 20. The fourth-order valence-corrected chi connectivity index (χ4v) is 9.64. The Morgan fingerprint density at radius 2 is 0.357 bits per heavy atom. The van der Waals surface area contributed by atoms with E-state index in [1.807, 2.05) is 4.98 Å². The molecule has 0 saturated heterocycles. The number of ether oxygens (including phenoxy) is 12. The molecule has 5 heterocycles. The number of H-pyrrole nitrogens is 2. The van der Waals surface area contributed by atoms with Gasteiger partial charge in [0.15, 0.2) is 137 Å². The molecule has 2 aliphatic rings. The average Bonchev–Trinajstić information content (AvgIpc) is 1.54. The Morgan fingerprint density at radius 1 is 0.196 bits per heavy atom. The number of hydrogen-bond acceptors (Lipinski definition) is 18. The molecule has 20 nitrogen and oxygen atoms in total. The molecular weight excluding hydrogens is 1660 g/mol. The van der Waals surface area contributed by atoms with E-state index in [1.54, 1.807) is 4.98 Å². The second-order valence-electron chi connectivity index (χ2n) is 22.2. The van der Waals surface area contributed by atoms with Gasteiger partial charge in [-0.1, -0.05) is 24.3 Å². The number of alkyl halides is 36. The lowest BCUT2D eigenvalue weighted by molar-refractivity contribution is -0.162. The van der Waals surface area contributed by atoms with Crippen molar-refractivity contribution in [3.05, 3.63) is 24.3 Å². The van der Waals surface area contributed by atoms with Crippen molar-refractivity contribution >= 4 is 44.1 Å². The Bertz CT molecular complexity index is 4820. The highest BCUT2D eigenvalue weighted by molar-refractivity contribution is 6.17. The molecule has 4 aromatic carbocycles. The van der Waals surface area contributed by atoms with Gasteiger partial charge in [0.25, 0.3) is 0 Å². The molecule has 0 fully saturated rings. The summed E-state index contributed by atoms with van der Waals surface area (Å²) in [7, 11) is 0. The van der Waals surface area contributed by atoms with Crippen LogP contribution in [0, 0.1) is 0 Å². The number of rotatable bonds is 24. The summed E-state index contributed by atoms with van der Waals surface area (Å²) in [5.74, 6) is -35.1. The van der Waals surface area contributed by atoms with E-state index in [2.05, 4.69) is 58.3 Å². The summed E-state index contributed by atoms with van der Waals surface area (Å²) in [5.41, 5.74) is -13.3. The van der Waals surface area contributed by atoms with Crippen molar-refractivity contribution in [2.75, 3.05) is 79.3 Å². The van der Waals surface area contributed by atoms with Crippen LogP contribution < -0.4 is 56.8 Å². The molecule has 0 spiro atoms. The minimum atomic E-state index is -6.07. The maximum atomic E-state index is 14.6. The van der Waals surface area contributed by atoms with Crippen LogP contribution in [0.2, 0.25) is 0 Å². The normalized spacial score (nSPS) is 13.6. The highest BCUT2D eigenvalue weighted by atomic mass is 19.5. The zero-order valence-corrected chi connectivity index (χ0v) is 53.0. The minimum Gasteiger partial charge on any atom is -0.479 e. The molecule has 0 amide bonds. The molecule has 618 valence electrons. The number of aromatic amines is 2. The molecule has 0 unspecified atom stereocenters. The van der Waals surface area contributed by atoms with Gasteiger partial charge < -0.3 is 66.8 Å². The second kappa shape index (κ2) is 30.1. The van der Waals surface area contributed by atoms with Crippen LogP contribution in [0.1, 0.15) is 0 Å². The van der Waals surface area contributed by atoms with Crippen molar-refractivity contribution in [1.82, 2.24) is 39.9 Å². The zero-order chi connectivity index (χ0) is 83.6. The summed E-state index contributed by atoms with van der Waals surface area (Å²) >= 11 is 0. The predicted molar refractivity (Wildman–Crippen MR) is 295 cm³/mol. The Balaban J connectivity index is 1.74. The lowest BCUT2D eigenvalue weighted by Gasteiger charge is -2.24. The van der Waals surface area contributed by atoms with E-state index < -0.39 is 312 Å². The summed E-state index contributed by atoms with van der Waals surface area (Å²) in [6.07, 6.45) is -71.6. The fraction of sp³-hybridized carbons (Fsp3) is 0.429. The molecule has 0 saturated carbocycles. The third-order valence-electron chi connectivity index (χ3n) is 13.1. The highest BCUT2D eigenvalue weighted by Crippen LogP contribution is 2.61. The van der Waals surface area contributed by atoms with Gasteiger partial charge in [0.05, 0.1) is 32.7 Å². The van der Waals surface area contributed by atoms with Gasteiger partial charge in [-0.05, 0) is 0 Å². The largest absolute Gasteiger partial charge is 0.479 e. The number of halogens is 36. The summed E-state index contributed by atoms with van der Waals surface area (Å²) in [6.45, 7) is -36.7. The van der Waals surface area contributed by atoms with Gasteiger partial charge in [0.2, 0.25) is 34.5 Å². The van der Waals surface area contributed by atoms with Gasteiger partial charge in [0.1, 0.15) is 22.6 Å². The van der Waals surface area contributed by atoms with Crippen molar-refractivity contribution in [1.29, 1.82) is 0 Å². The second-order valence-corrected chi connectivity index (χ2v) is 22.2. The van der Waals surface area contributed by atoms with E-state index in [0.717, 1.165) is 24.3 Å². The first-order valence-electron chi connectivity index (χ1n) is 29.0. The maximum absolute atomic E-state index is 14.6. The highest BCUT2D eigenvalue weighted by Gasteiger charge is 2.47. The van der Waals surface area contributed by atoms with E-state index in [4.69, 9.17) is 28.4 Å². The zero-order valence-electron chi connectivity index (χ0n) is 53.0. The topological polar surface area (TPSA) is 220 Å². The molecule has 0 radical (unpaired) electrons. The van der Waals surface area contributed by atoms with Crippen molar-refractivity contribution in [2.45, 2.75) is 74.1 Å². The lowest BCUT2D eigenvalue weighted by atomic mass is 10.0. The first-order chi connectivity index (χ1) is 51.0. The summed E-state index contributed by atoms with van der Waals surface area (Å²) in [5, 5.41) is -8.13. The van der Waals surface area contributed by atoms with Crippen LogP contribution in [0.4, 0.5) is 158 Å². The molecule has 3 aromatic heterocycles. The molecule has 2 aliphatic heterocycles. The first-order valence-corrected chi connectivity index (χ1v) is 29.0. The van der Waals surface area contributed by atoms with E-state index in [1.165, 1.54) is 0 Å². The Kier molecular flexibility index (Phi) is 22.9. The van der Waals surface area contributed by atoms with E-state index in [-0.39, 0.29) is 0 Å². The predicted octanol–water partition coefficient (Wildman–Crippen LogP) is 18.2. The van der Waals surface area contributed by atoms with Crippen LogP contribution in [0.15, 0.2) is 24.3 Å². The summed E-state index contributed by atoms with van der Waals surface area (Å²) in [6, 6.07) is 3.42. The number of nitrogens with zero attached hydrogens (tertiary/aromatic N) is 6. The number of hydrogen-bond donors (Lipinski definition) is 2. The first kappa shape index (κ1) is 85.3. The number of aromatic nitrogens is 8. The van der Waals surface area contributed by atoms with Crippen molar-refractivity contribution < 1.29 is 215 Å². The minimum absolute atomic E-state index is 0.732. The average molecular weight is 1690 g/mol. The van der Waals surface area contributed by atoms with Crippen LogP contribution in [0.25, 0.3) is 89.7 Å². The van der Waals surface area contributed by atoms with Gasteiger partial charge in [-0.3, -0.25) is 0 Å². The summed E-state index contributed by atoms with van der Waals surface area (Å²) < 4.78 is 575. The van der Waals surface area contributed by atoms with Crippen LogP contribution in [-0.2, 0) is 0 Å². The van der Waals surface area contributed by atoms with Crippen molar-refractivity contribution in [2.24, 2.45) is 0 Å². The van der Waals surface area contributed by atoms with E-state index in [9.17, 15) is 158 Å².